The first-order valence-corrected chi connectivity index (χ1v) is 10.8. The van der Waals surface area contributed by atoms with Crippen LogP contribution in [0.25, 0.3) is 38.3 Å². The van der Waals surface area contributed by atoms with Crippen LogP contribution in [0.3, 0.4) is 0 Å². The summed E-state index contributed by atoms with van der Waals surface area (Å²) >= 11 is 0. The van der Waals surface area contributed by atoms with Gasteiger partial charge in [-0.1, -0.05) is 109 Å². The van der Waals surface area contributed by atoms with E-state index in [1.165, 1.54) is 49.7 Å². The number of hydrogen-bond donors (Lipinski definition) is 0. The van der Waals surface area contributed by atoms with E-state index in [4.69, 9.17) is 5.32 Å². The molecule has 0 heterocycles. The summed E-state index contributed by atoms with van der Waals surface area (Å²) in [6.07, 6.45) is 0.990. The normalized spacial score (nSPS) is 11.5. The molecule has 1 aliphatic carbocycles. The summed E-state index contributed by atoms with van der Waals surface area (Å²) in [5.74, 6) is 0. The number of hydrogen-bond acceptors (Lipinski definition) is 0. The second kappa shape index (κ2) is 8.78. The first-order chi connectivity index (χ1) is 15.4. The molecule has 0 N–H and O–H groups in total. The van der Waals surface area contributed by atoms with Crippen molar-refractivity contribution in [3.8, 4) is 22.3 Å². The Labute approximate surface area is 204 Å². The molecule has 152 valence electrons. The Bertz CT molecular complexity index is 1410. The topological polar surface area (TPSA) is 14.1 Å². The quantitative estimate of drug-likeness (QED) is 0.243. The van der Waals surface area contributed by atoms with E-state index in [1.54, 1.807) is 0 Å². The van der Waals surface area contributed by atoms with Gasteiger partial charge in [0, 0.05) is 21.7 Å². The Morgan fingerprint density at radius 1 is 0.562 bits per heavy atom. The average Bonchev–Trinajstić information content (AvgIpc) is 3.22. The molecule has 0 amide bonds. The van der Waals surface area contributed by atoms with Crippen LogP contribution in [-0.4, -0.2) is 0 Å². The second-order valence-corrected chi connectivity index (χ2v) is 8.13. The van der Waals surface area contributed by atoms with Gasteiger partial charge >= 0.3 is 0 Å². The SMILES string of the molecule is [Ti].c1ccc([N-]Cc2c(-c3cccc4c3Cc3ccccc3-4)ccc3ccccc23)cc1. The number of benzene rings is 5. The minimum Gasteiger partial charge on any atom is -0.681 e. The van der Waals surface area contributed by atoms with E-state index in [0.29, 0.717) is 6.54 Å². The predicted molar refractivity (Wildman–Crippen MR) is 131 cm³/mol. The minimum absolute atomic E-state index is 0. The summed E-state index contributed by atoms with van der Waals surface area (Å²) in [6.45, 7) is 0.664. The van der Waals surface area contributed by atoms with Gasteiger partial charge in [0.1, 0.15) is 0 Å². The summed E-state index contributed by atoms with van der Waals surface area (Å²) in [5, 5.41) is 7.50. The van der Waals surface area contributed by atoms with Crippen molar-refractivity contribution in [3.63, 3.8) is 0 Å². The third kappa shape index (κ3) is 3.58. The molecule has 1 aliphatic rings. The Balaban J connectivity index is 0.00000216. The van der Waals surface area contributed by atoms with Crippen LogP contribution in [0.4, 0.5) is 5.69 Å². The molecule has 0 saturated carbocycles. The van der Waals surface area contributed by atoms with E-state index >= 15 is 0 Å². The molecule has 0 radical (unpaired) electrons. The van der Waals surface area contributed by atoms with E-state index in [1.807, 2.05) is 18.2 Å². The zero-order valence-electron chi connectivity index (χ0n) is 17.8. The van der Waals surface area contributed by atoms with Crippen molar-refractivity contribution in [1.29, 1.82) is 0 Å². The van der Waals surface area contributed by atoms with Crippen LogP contribution in [0, 0.1) is 0 Å². The van der Waals surface area contributed by atoms with Crippen molar-refractivity contribution in [2.45, 2.75) is 13.0 Å². The van der Waals surface area contributed by atoms with Gasteiger partial charge in [-0.3, -0.25) is 0 Å². The maximum atomic E-state index is 4.95. The fourth-order valence-electron chi connectivity index (χ4n) is 4.87. The molecule has 0 spiro atoms. The van der Waals surface area contributed by atoms with Gasteiger partial charge in [0.2, 0.25) is 0 Å². The molecular formula is C30H22NTi-. The largest absolute Gasteiger partial charge is 0.681 e. The summed E-state index contributed by atoms with van der Waals surface area (Å²) < 4.78 is 0. The van der Waals surface area contributed by atoms with Gasteiger partial charge in [-0.15, -0.1) is 12.2 Å². The van der Waals surface area contributed by atoms with Crippen molar-refractivity contribution in [2.24, 2.45) is 0 Å². The Kier molecular flexibility index (Phi) is 5.70. The van der Waals surface area contributed by atoms with Crippen molar-refractivity contribution in [1.82, 2.24) is 0 Å². The average molecular weight is 444 g/mol. The molecule has 0 atom stereocenters. The van der Waals surface area contributed by atoms with Crippen molar-refractivity contribution in [2.75, 3.05) is 0 Å². The predicted octanol–water partition coefficient (Wildman–Crippen LogP) is 8.28. The van der Waals surface area contributed by atoms with E-state index in [9.17, 15) is 0 Å². The second-order valence-electron chi connectivity index (χ2n) is 8.13. The smallest absolute Gasteiger partial charge is 0 e. The maximum Gasteiger partial charge on any atom is 0 e. The van der Waals surface area contributed by atoms with Crippen LogP contribution in [0.1, 0.15) is 16.7 Å². The van der Waals surface area contributed by atoms with E-state index < -0.39 is 0 Å². The fraction of sp³-hybridized carbons (Fsp3) is 0.0667. The first-order valence-electron chi connectivity index (χ1n) is 10.8. The molecule has 0 aliphatic heterocycles. The Morgan fingerprint density at radius 2 is 1.25 bits per heavy atom. The Morgan fingerprint density at radius 3 is 2.12 bits per heavy atom. The van der Waals surface area contributed by atoms with Crippen LogP contribution in [0.5, 0.6) is 0 Å². The van der Waals surface area contributed by atoms with Gasteiger partial charge in [-0.05, 0) is 56.1 Å². The molecule has 0 fully saturated rings. The molecule has 0 aromatic heterocycles. The Hall–Kier alpha value is -3.13. The van der Waals surface area contributed by atoms with Crippen LogP contribution >= 0.6 is 0 Å². The number of fused-ring (bicyclic) bond motifs is 4. The van der Waals surface area contributed by atoms with Crippen molar-refractivity contribution >= 4 is 16.5 Å². The van der Waals surface area contributed by atoms with Gasteiger partial charge in [-0.25, -0.2) is 0 Å². The molecular weight excluding hydrogens is 422 g/mol. The molecule has 0 bridgehead atoms. The zero-order chi connectivity index (χ0) is 20.6. The first kappa shape index (κ1) is 20.8. The van der Waals surface area contributed by atoms with Crippen LogP contribution < -0.4 is 0 Å². The number of rotatable bonds is 4. The summed E-state index contributed by atoms with van der Waals surface area (Å²) in [6, 6.07) is 39.0. The van der Waals surface area contributed by atoms with Crippen molar-refractivity contribution < 1.29 is 21.7 Å². The van der Waals surface area contributed by atoms with E-state index in [2.05, 4.69) is 91.0 Å². The molecule has 6 rings (SSSR count). The third-order valence-electron chi connectivity index (χ3n) is 6.36. The van der Waals surface area contributed by atoms with Crippen molar-refractivity contribution in [3.05, 3.63) is 131 Å². The van der Waals surface area contributed by atoms with Gasteiger partial charge in [0.05, 0.1) is 0 Å². The van der Waals surface area contributed by atoms with Gasteiger partial charge in [0.25, 0.3) is 0 Å². The standard InChI is InChI=1S/C30H22N.Ti/c1-2-11-23(12-3-1)31-20-30-24-13-6-4-9-21(24)17-18-28(30)27-16-8-15-26-25-14-7-5-10-22(25)19-29(26)27;/h1-18H,19-20H2;/q-1;. The monoisotopic (exact) mass is 444 g/mol. The zero-order valence-corrected chi connectivity index (χ0v) is 19.3. The molecule has 5 aromatic rings. The summed E-state index contributed by atoms with van der Waals surface area (Å²) in [4.78, 5) is 0. The minimum atomic E-state index is 0. The molecule has 5 aromatic carbocycles. The van der Waals surface area contributed by atoms with Gasteiger partial charge < -0.3 is 5.32 Å². The van der Waals surface area contributed by atoms with E-state index in [-0.39, 0.29) is 21.7 Å². The fourth-order valence-corrected chi connectivity index (χ4v) is 4.87. The van der Waals surface area contributed by atoms with E-state index in [0.717, 1.165) is 12.1 Å². The number of para-hydroxylation sites is 1. The summed E-state index contributed by atoms with van der Waals surface area (Å²) in [5.41, 5.74) is 10.5. The van der Waals surface area contributed by atoms with Gasteiger partial charge in [-0.2, -0.15) is 0 Å². The summed E-state index contributed by atoms with van der Waals surface area (Å²) in [7, 11) is 0. The molecule has 0 saturated heterocycles. The molecule has 32 heavy (non-hydrogen) atoms. The molecule has 2 heteroatoms. The molecule has 1 nitrogen and oxygen atoms in total. The van der Waals surface area contributed by atoms with Crippen LogP contribution in [0.2, 0.25) is 0 Å². The number of nitrogens with zero attached hydrogens (tertiary/aromatic N) is 1. The maximum absolute atomic E-state index is 4.95. The third-order valence-corrected chi connectivity index (χ3v) is 6.36. The van der Waals surface area contributed by atoms with Gasteiger partial charge in [0.15, 0.2) is 0 Å². The van der Waals surface area contributed by atoms with Crippen LogP contribution in [0.15, 0.2) is 109 Å². The molecule has 0 unspecified atom stereocenters. The van der Waals surface area contributed by atoms with Crippen LogP contribution in [-0.2, 0) is 34.7 Å².